The van der Waals surface area contributed by atoms with Crippen LogP contribution in [-0.2, 0) is 0 Å². The lowest BCUT2D eigenvalue weighted by molar-refractivity contribution is 1.08. The summed E-state index contributed by atoms with van der Waals surface area (Å²) in [7, 11) is 0. The molecule has 1 rings (SSSR count). The van der Waals surface area contributed by atoms with Crippen LogP contribution in [0.5, 0.6) is 0 Å². The first-order valence-electron chi connectivity index (χ1n) is 2.10. The van der Waals surface area contributed by atoms with Crippen LogP contribution in [-0.4, -0.2) is 9.97 Å². The van der Waals surface area contributed by atoms with Crippen LogP contribution >= 0.6 is 13.5 Å². The molecule has 4 nitrogen and oxygen atoms in total. The number of H-pyrrole nitrogens is 1. The summed E-state index contributed by atoms with van der Waals surface area (Å²) in [5, 5.41) is 0. The van der Waals surface area contributed by atoms with E-state index in [0.717, 1.165) is 0 Å². The van der Waals surface area contributed by atoms with E-state index in [1.807, 2.05) is 0 Å². The van der Waals surface area contributed by atoms with Crippen molar-refractivity contribution in [2.45, 2.75) is 0 Å². The second-order valence-electron chi connectivity index (χ2n) is 1.32. The maximum atomic E-state index is 10.2. The number of hydrogen-bond donors (Lipinski definition) is 2. The first kappa shape index (κ1) is 8.03. The number of rotatable bonds is 0. The van der Waals surface area contributed by atoms with Crippen LogP contribution in [0.2, 0.25) is 0 Å². The lowest BCUT2D eigenvalue weighted by Gasteiger charge is -1.83. The lowest BCUT2D eigenvalue weighted by Crippen LogP contribution is -2.10. The first-order valence-corrected chi connectivity index (χ1v) is 2.10. The van der Waals surface area contributed by atoms with Crippen LogP contribution in [0.25, 0.3) is 0 Å². The third-order valence-electron chi connectivity index (χ3n) is 0.692. The van der Waals surface area contributed by atoms with Crippen LogP contribution in [0, 0.1) is 0 Å². The minimum absolute atomic E-state index is 0. The zero-order chi connectivity index (χ0) is 5.98. The summed E-state index contributed by atoms with van der Waals surface area (Å²) in [6, 6.07) is 1.52. The number of aromatic nitrogens is 2. The van der Waals surface area contributed by atoms with Crippen LogP contribution in [0.4, 0.5) is 5.82 Å². The van der Waals surface area contributed by atoms with Gasteiger partial charge < -0.3 is 10.7 Å². The fraction of sp³-hybridized carbons (Fsp3) is 0. The van der Waals surface area contributed by atoms with Crippen molar-refractivity contribution in [1.82, 2.24) is 9.97 Å². The van der Waals surface area contributed by atoms with Gasteiger partial charge in [-0.15, -0.1) is 0 Å². The predicted octanol–water partition coefficient (Wildman–Crippen LogP) is -0.535. The molecule has 0 aromatic carbocycles. The fourth-order valence-electron chi connectivity index (χ4n) is 0.385. The quantitative estimate of drug-likeness (QED) is 0.515. The summed E-state index contributed by atoms with van der Waals surface area (Å²) in [5.74, 6) is 0.244. The Bertz CT molecular complexity index is 233. The Kier molecular flexibility index (Phi) is 2.80. The van der Waals surface area contributed by atoms with E-state index < -0.39 is 5.69 Å². The maximum Gasteiger partial charge on any atom is 0.346 e. The molecular formula is C4H7N3OS. The number of anilines is 1. The van der Waals surface area contributed by atoms with E-state index in [0.29, 0.717) is 0 Å². The third-order valence-corrected chi connectivity index (χ3v) is 0.692. The molecule has 0 aliphatic carbocycles. The molecule has 0 fully saturated rings. The molecule has 1 heterocycles. The van der Waals surface area contributed by atoms with Crippen molar-refractivity contribution in [3.05, 3.63) is 22.7 Å². The molecule has 0 radical (unpaired) electrons. The average Bonchev–Trinajstić information content (AvgIpc) is 1.64. The van der Waals surface area contributed by atoms with Crippen molar-refractivity contribution in [2.75, 3.05) is 5.73 Å². The van der Waals surface area contributed by atoms with E-state index in [1.54, 1.807) is 0 Å². The van der Waals surface area contributed by atoms with Gasteiger partial charge in [0.25, 0.3) is 0 Å². The number of nitrogens with two attached hydrogens (primary N) is 1. The molecule has 0 saturated carbocycles. The van der Waals surface area contributed by atoms with Crippen molar-refractivity contribution >= 4 is 19.3 Å². The van der Waals surface area contributed by atoms with Gasteiger partial charge in [0.05, 0.1) is 0 Å². The van der Waals surface area contributed by atoms with Crippen LogP contribution in [0.1, 0.15) is 0 Å². The van der Waals surface area contributed by atoms with Crippen molar-refractivity contribution in [3.8, 4) is 0 Å². The molecule has 0 aliphatic rings. The highest BCUT2D eigenvalue weighted by molar-refractivity contribution is 7.59. The van der Waals surface area contributed by atoms with Gasteiger partial charge >= 0.3 is 5.69 Å². The Morgan fingerprint density at radius 3 is 2.67 bits per heavy atom. The van der Waals surface area contributed by atoms with Gasteiger partial charge in [0.1, 0.15) is 5.82 Å². The zero-order valence-electron chi connectivity index (χ0n) is 4.59. The zero-order valence-corrected chi connectivity index (χ0v) is 5.59. The highest BCUT2D eigenvalue weighted by Gasteiger charge is 1.81. The van der Waals surface area contributed by atoms with E-state index in [-0.39, 0.29) is 19.3 Å². The Morgan fingerprint density at radius 1 is 1.67 bits per heavy atom. The van der Waals surface area contributed by atoms with E-state index in [1.165, 1.54) is 12.3 Å². The summed E-state index contributed by atoms with van der Waals surface area (Å²) in [4.78, 5) is 15.9. The molecule has 1 aromatic rings. The molecule has 0 unspecified atom stereocenters. The molecule has 5 heteroatoms. The number of nitrogens with one attached hydrogen (secondary N) is 1. The summed E-state index contributed by atoms with van der Waals surface area (Å²) in [6.07, 6.45) is 1.45. The highest BCUT2D eigenvalue weighted by Crippen LogP contribution is 1.82. The number of aromatic amines is 1. The molecule has 0 bridgehead atoms. The van der Waals surface area contributed by atoms with Crippen molar-refractivity contribution in [3.63, 3.8) is 0 Å². The molecule has 0 spiro atoms. The SMILES string of the molecule is Nc1cc[nH]c(=O)n1.S. The van der Waals surface area contributed by atoms with Crippen LogP contribution < -0.4 is 11.4 Å². The van der Waals surface area contributed by atoms with Crippen molar-refractivity contribution < 1.29 is 0 Å². The largest absolute Gasteiger partial charge is 0.383 e. The molecule has 3 N–H and O–H groups in total. The van der Waals surface area contributed by atoms with Crippen molar-refractivity contribution in [2.24, 2.45) is 0 Å². The number of nitrogen functional groups attached to an aromatic ring is 1. The van der Waals surface area contributed by atoms with Gasteiger partial charge in [-0.2, -0.15) is 18.5 Å². The van der Waals surface area contributed by atoms with Crippen LogP contribution in [0.15, 0.2) is 17.1 Å². The second-order valence-corrected chi connectivity index (χ2v) is 1.32. The van der Waals surface area contributed by atoms with Gasteiger partial charge in [0.2, 0.25) is 0 Å². The monoisotopic (exact) mass is 145 g/mol. The molecule has 0 aliphatic heterocycles. The second kappa shape index (κ2) is 3.13. The van der Waals surface area contributed by atoms with Crippen LogP contribution in [0.3, 0.4) is 0 Å². The lowest BCUT2D eigenvalue weighted by atomic mass is 10.6. The minimum atomic E-state index is -0.412. The highest BCUT2D eigenvalue weighted by atomic mass is 32.1. The van der Waals surface area contributed by atoms with Gasteiger partial charge in [-0.1, -0.05) is 0 Å². The molecule has 0 atom stereocenters. The minimum Gasteiger partial charge on any atom is -0.383 e. The molecule has 50 valence electrons. The summed E-state index contributed by atoms with van der Waals surface area (Å²) >= 11 is 0. The standard InChI is InChI=1S/C4H5N3O.H2S/c5-3-1-2-6-4(8)7-3;/h1-2H,(H3,5,6,7,8);1H2. The maximum absolute atomic E-state index is 10.2. The first-order chi connectivity index (χ1) is 3.79. The van der Waals surface area contributed by atoms with Gasteiger partial charge in [-0.3, -0.25) is 0 Å². The molecule has 0 saturated heterocycles. The molecule has 0 amide bonds. The van der Waals surface area contributed by atoms with Gasteiger partial charge in [-0.25, -0.2) is 4.79 Å². The summed E-state index contributed by atoms with van der Waals surface area (Å²) in [6.45, 7) is 0. The third kappa shape index (κ3) is 2.18. The number of hydrogen-bond acceptors (Lipinski definition) is 3. The average molecular weight is 145 g/mol. The Morgan fingerprint density at radius 2 is 2.33 bits per heavy atom. The fourth-order valence-corrected chi connectivity index (χ4v) is 0.385. The summed E-state index contributed by atoms with van der Waals surface area (Å²) < 4.78 is 0. The Balaban J connectivity index is 0.000000640. The van der Waals surface area contributed by atoms with Crippen molar-refractivity contribution in [1.29, 1.82) is 0 Å². The molecule has 9 heavy (non-hydrogen) atoms. The van der Waals surface area contributed by atoms with E-state index in [2.05, 4.69) is 9.97 Å². The van der Waals surface area contributed by atoms with Gasteiger partial charge in [0, 0.05) is 6.20 Å². The summed E-state index contributed by atoms with van der Waals surface area (Å²) in [5.41, 5.74) is 4.72. The van der Waals surface area contributed by atoms with E-state index in [4.69, 9.17) is 5.73 Å². The smallest absolute Gasteiger partial charge is 0.346 e. The van der Waals surface area contributed by atoms with Gasteiger partial charge in [-0.05, 0) is 6.07 Å². The predicted molar refractivity (Wildman–Crippen MR) is 39.7 cm³/mol. The van der Waals surface area contributed by atoms with Gasteiger partial charge in [0.15, 0.2) is 0 Å². The Hall–Kier alpha value is -0.970. The topological polar surface area (TPSA) is 71.8 Å². The Labute approximate surface area is 58.6 Å². The molecular weight excluding hydrogens is 138 g/mol. The molecule has 1 aromatic heterocycles. The van der Waals surface area contributed by atoms with E-state index in [9.17, 15) is 4.79 Å². The van der Waals surface area contributed by atoms with E-state index >= 15 is 0 Å². The normalized spacial score (nSPS) is 8.00. The number of nitrogens with zero attached hydrogens (tertiary/aromatic N) is 1.